The van der Waals surface area contributed by atoms with E-state index < -0.39 is 37.5 Å². The number of pyridine rings is 4. The molecule has 0 saturated carbocycles. The van der Waals surface area contributed by atoms with Gasteiger partial charge in [-0.3, -0.25) is 9.59 Å². The first-order valence-corrected chi connectivity index (χ1v) is 30.3. The first-order valence-electron chi connectivity index (χ1n) is 26.6. The molecular weight excluding hydrogens is 1100 g/mol. The van der Waals surface area contributed by atoms with Gasteiger partial charge in [-0.2, -0.15) is 16.8 Å². The number of hydrogen-bond acceptors (Lipinski definition) is 17. The number of halogens is 2. The quantitative estimate of drug-likeness (QED) is 0.0458. The molecule has 8 rings (SSSR count). The number of likely N-dealkylation sites (tertiary alicyclic amines) is 1. The number of allylic oxidation sites excluding steroid dienone is 2. The molecule has 4 aromatic rings. The standard InChI is InChI=1S/C30H40ClN5O6S.C25H32ClN5O4S/c1-29(2,3)42-28(38)36-19-20(18-30(36,4)5)10-9-16-32-24-12-8-13-25(34-24)43(39,40)35-27(37)21-14-15-22(33-26(21)31)23-11-6-7-17-41-23;1-25(2)15-17(16-28-25)7-6-13-27-21-9-5-10-22(30-21)36(33,34)31-24(32)18-11-12-19(29-23(18)26)20-8-3-4-14-35-20/h8,11-15,20H,6-7,9-10,16-19H2,1-5H3,(H,32,34)(H,35,37);5,8-12,17,28H,3-4,6-7,13-16H2,1-2H3,(H,27,30)(H,31,32)/t20-;17-/m00/s1. The number of hydrogen-bond donors (Lipinski definition) is 5. The summed E-state index contributed by atoms with van der Waals surface area (Å²) in [6.45, 7) is 18.1. The first kappa shape index (κ1) is 60.6. The Morgan fingerprint density at radius 1 is 0.696 bits per heavy atom. The SMILES string of the molecule is CC(C)(C)OC(=O)N1C[C@@H](CCCNc2cccc(S(=O)(=O)NC(=O)c3ccc(C4=CCCCO4)nc3Cl)n2)CC1(C)C.CC1(C)C[C@H](CCCNc2cccc(S(=O)(=O)NC(=O)c3ccc(C4=CCCCO4)nc3Cl)n2)CN1. The highest BCUT2D eigenvalue weighted by Crippen LogP contribution is 2.36. The molecule has 20 nitrogen and oxygen atoms in total. The average Bonchev–Trinajstić information content (AvgIpc) is 3.95. The Bertz CT molecular complexity index is 3150. The van der Waals surface area contributed by atoms with E-state index >= 15 is 0 Å². The number of amides is 3. The largest absolute Gasteiger partial charge is 0.492 e. The minimum atomic E-state index is -4.28. The summed E-state index contributed by atoms with van der Waals surface area (Å²) in [5.74, 6) is 1.13. The molecule has 0 spiro atoms. The number of carbonyl (C=O) groups excluding carboxylic acids is 3. The van der Waals surface area contributed by atoms with Crippen LogP contribution in [0.5, 0.6) is 0 Å². The first-order chi connectivity index (χ1) is 37.3. The molecule has 4 aromatic heterocycles. The van der Waals surface area contributed by atoms with Gasteiger partial charge in [0.1, 0.15) is 50.4 Å². The fraction of sp³-hybridized carbons (Fsp3) is 0.509. The lowest BCUT2D eigenvalue weighted by atomic mass is 9.93. The number of rotatable bonds is 18. The van der Waals surface area contributed by atoms with E-state index in [2.05, 4.69) is 49.7 Å². The van der Waals surface area contributed by atoms with Crippen molar-refractivity contribution in [1.82, 2.24) is 39.6 Å². The van der Waals surface area contributed by atoms with E-state index in [9.17, 15) is 31.2 Å². The van der Waals surface area contributed by atoms with Crippen LogP contribution in [0, 0.1) is 11.8 Å². The summed E-state index contributed by atoms with van der Waals surface area (Å²) in [6, 6.07) is 15.1. The van der Waals surface area contributed by atoms with Gasteiger partial charge in [0, 0.05) is 30.7 Å². The number of aromatic nitrogens is 4. The fourth-order valence-electron chi connectivity index (χ4n) is 9.66. The smallest absolute Gasteiger partial charge is 0.410 e. The highest BCUT2D eigenvalue weighted by molar-refractivity contribution is 7.90. The topological polar surface area (TPSA) is 262 Å². The third-order valence-electron chi connectivity index (χ3n) is 13.4. The Hall–Kier alpha value is -6.07. The molecule has 24 heteroatoms. The molecule has 5 N–H and O–H groups in total. The van der Waals surface area contributed by atoms with Crippen LogP contribution in [0.2, 0.25) is 10.3 Å². The Morgan fingerprint density at radius 3 is 1.59 bits per heavy atom. The van der Waals surface area contributed by atoms with Crippen molar-refractivity contribution in [3.05, 3.63) is 106 Å². The van der Waals surface area contributed by atoms with Crippen molar-refractivity contribution < 1.29 is 45.4 Å². The molecule has 79 heavy (non-hydrogen) atoms. The molecule has 3 amide bonds. The second-order valence-electron chi connectivity index (χ2n) is 22.2. The van der Waals surface area contributed by atoms with Crippen LogP contribution < -0.4 is 25.4 Å². The van der Waals surface area contributed by atoms with Gasteiger partial charge in [-0.1, -0.05) is 35.3 Å². The van der Waals surface area contributed by atoms with Gasteiger partial charge in [0.05, 0.1) is 24.3 Å². The molecule has 0 aromatic carbocycles. The second kappa shape index (κ2) is 26.0. The van der Waals surface area contributed by atoms with Gasteiger partial charge >= 0.3 is 6.09 Å². The van der Waals surface area contributed by atoms with Crippen molar-refractivity contribution in [2.24, 2.45) is 11.8 Å². The molecule has 4 aliphatic rings. The third kappa shape index (κ3) is 17.2. The number of anilines is 2. The van der Waals surface area contributed by atoms with E-state index in [1.54, 1.807) is 41.3 Å². The summed E-state index contributed by atoms with van der Waals surface area (Å²) in [5, 5.41) is 9.04. The molecule has 0 bridgehead atoms. The van der Waals surface area contributed by atoms with Crippen molar-refractivity contribution >= 4 is 84.3 Å². The normalized spacial score (nSPS) is 18.8. The molecule has 4 aliphatic heterocycles. The van der Waals surface area contributed by atoms with Crippen LogP contribution in [-0.4, -0.2) is 116 Å². The van der Waals surface area contributed by atoms with E-state index in [0.29, 0.717) is 79.2 Å². The van der Waals surface area contributed by atoms with Gasteiger partial charge < -0.3 is 35.1 Å². The van der Waals surface area contributed by atoms with E-state index in [0.717, 1.165) is 70.8 Å². The summed E-state index contributed by atoms with van der Waals surface area (Å²) in [5.41, 5.74) is 0.175. The number of carbonyl (C=O) groups is 3. The van der Waals surface area contributed by atoms with Gasteiger partial charge in [0.15, 0.2) is 10.1 Å². The van der Waals surface area contributed by atoms with Crippen LogP contribution in [0.4, 0.5) is 16.4 Å². The van der Waals surface area contributed by atoms with Crippen LogP contribution in [0.15, 0.2) is 82.9 Å². The van der Waals surface area contributed by atoms with E-state index in [-0.39, 0.29) is 48.7 Å². The predicted molar refractivity (Wildman–Crippen MR) is 303 cm³/mol. The van der Waals surface area contributed by atoms with Crippen molar-refractivity contribution in [3.63, 3.8) is 0 Å². The lowest BCUT2D eigenvalue weighted by molar-refractivity contribution is 0.0130. The van der Waals surface area contributed by atoms with Crippen molar-refractivity contribution in [2.75, 3.05) is 50.0 Å². The van der Waals surface area contributed by atoms with Crippen LogP contribution in [0.25, 0.3) is 11.5 Å². The van der Waals surface area contributed by atoms with Gasteiger partial charge in [-0.25, -0.2) is 34.2 Å². The predicted octanol–water partition coefficient (Wildman–Crippen LogP) is 9.61. The maximum absolute atomic E-state index is 13.0. The Morgan fingerprint density at radius 2 is 1.18 bits per heavy atom. The lowest BCUT2D eigenvalue weighted by Crippen LogP contribution is -2.45. The molecule has 0 aliphatic carbocycles. The highest BCUT2D eigenvalue weighted by Gasteiger charge is 2.42. The second-order valence-corrected chi connectivity index (χ2v) is 26.2. The zero-order valence-corrected chi connectivity index (χ0v) is 48.9. The minimum absolute atomic E-state index is 0.0562. The molecule has 2 fully saturated rings. The Labute approximate surface area is 473 Å². The highest BCUT2D eigenvalue weighted by atomic mass is 35.5. The third-order valence-corrected chi connectivity index (χ3v) is 16.5. The Balaban J connectivity index is 0.000000232. The summed E-state index contributed by atoms with van der Waals surface area (Å²) >= 11 is 12.4. The zero-order valence-electron chi connectivity index (χ0n) is 45.8. The van der Waals surface area contributed by atoms with Crippen molar-refractivity contribution in [1.29, 1.82) is 0 Å². The molecular formula is C55H72Cl2N10O10S2. The molecule has 2 saturated heterocycles. The van der Waals surface area contributed by atoms with Crippen LogP contribution in [0.1, 0.15) is 145 Å². The fourth-order valence-corrected chi connectivity index (χ4v) is 12.0. The summed E-state index contributed by atoms with van der Waals surface area (Å²) in [6.07, 6.45) is 12.8. The number of sulfonamides is 2. The van der Waals surface area contributed by atoms with E-state index in [1.165, 1.54) is 24.3 Å². The molecule has 8 heterocycles. The van der Waals surface area contributed by atoms with E-state index in [1.807, 2.05) is 56.2 Å². The maximum atomic E-state index is 13.0. The maximum Gasteiger partial charge on any atom is 0.410 e. The van der Waals surface area contributed by atoms with Crippen LogP contribution in [-0.2, 0) is 34.3 Å². The van der Waals surface area contributed by atoms with Gasteiger partial charge in [-0.05, 0) is 192 Å². The number of nitrogens with zero attached hydrogens (tertiary/aromatic N) is 5. The van der Waals surface area contributed by atoms with Gasteiger partial charge in [-0.15, -0.1) is 0 Å². The monoisotopic (exact) mass is 1170 g/mol. The van der Waals surface area contributed by atoms with Crippen molar-refractivity contribution in [3.8, 4) is 0 Å². The van der Waals surface area contributed by atoms with E-state index in [4.69, 9.17) is 37.4 Å². The molecule has 0 unspecified atom stereocenters. The minimum Gasteiger partial charge on any atom is -0.492 e. The molecule has 0 radical (unpaired) electrons. The molecule has 428 valence electrons. The lowest BCUT2D eigenvalue weighted by Gasteiger charge is -2.33. The summed E-state index contributed by atoms with van der Waals surface area (Å²) in [7, 11) is -8.50. The van der Waals surface area contributed by atoms with Gasteiger partial charge in [0.2, 0.25) is 0 Å². The Kier molecular flexibility index (Phi) is 19.9. The van der Waals surface area contributed by atoms with Crippen LogP contribution in [0.3, 0.4) is 0 Å². The average molecular weight is 1170 g/mol. The number of ether oxygens (including phenoxy) is 3. The van der Waals surface area contributed by atoms with Crippen molar-refractivity contribution in [2.45, 2.75) is 139 Å². The van der Waals surface area contributed by atoms with Crippen LogP contribution >= 0.6 is 23.2 Å². The van der Waals surface area contributed by atoms with Gasteiger partial charge in [0.25, 0.3) is 31.9 Å². The summed E-state index contributed by atoms with van der Waals surface area (Å²) in [4.78, 5) is 56.8. The number of nitrogens with one attached hydrogen (secondary N) is 5. The summed E-state index contributed by atoms with van der Waals surface area (Å²) < 4.78 is 72.4. The molecule has 2 atom stereocenters. The zero-order chi connectivity index (χ0) is 57.2.